The van der Waals surface area contributed by atoms with Crippen LogP contribution >= 0.6 is 0 Å². The summed E-state index contributed by atoms with van der Waals surface area (Å²) in [5.74, 6) is 1.52. The van der Waals surface area contributed by atoms with E-state index in [1.165, 1.54) is 0 Å². The predicted molar refractivity (Wildman–Crippen MR) is 210 cm³/mol. The minimum absolute atomic E-state index is 0.0466. The number of aryl methyl sites for hydroxylation is 1. The summed E-state index contributed by atoms with van der Waals surface area (Å²) < 4.78 is 24.7. The fraction of sp³-hybridized carbons (Fsp3) is 0.227. The van der Waals surface area contributed by atoms with Crippen LogP contribution < -0.4 is 20.7 Å². The van der Waals surface area contributed by atoms with Crippen LogP contribution in [0.25, 0.3) is 44.9 Å². The summed E-state index contributed by atoms with van der Waals surface area (Å²) in [5.41, 5.74) is 8.02. The zero-order valence-electron chi connectivity index (χ0n) is 31.3. The van der Waals surface area contributed by atoms with E-state index in [-0.39, 0.29) is 48.6 Å². The fourth-order valence-electron chi connectivity index (χ4n) is 8.27. The molecule has 0 spiro atoms. The average Bonchev–Trinajstić information content (AvgIpc) is 4.04. The number of oxazole rings is 2. The Morgan fingerprint density at radius 2 is 1.84 bits per heavy atom. The van der Waals surface area contributed by atoms with E-state index in [0.717, 1.165) is 50.2 Å². The summed E-state index contributed by atoms with van der Waals surface area (Å²) in [6, 6.07) is 23.3. The van der Waals surface area contributed by atoms with E-state index >= 15 is 0 Å². The number of H-pyrrole nitrogens is 1. The molecular formula is C44H38N6O7. The van der Waals surface area contributed by atoms with Gasteiger partial charge in [0.25, 0.3) is 0 Å². The van der Waals surface area contributed by atoms with Gasteiger partial charge in [0, 0.05) is 40.4 Å². The average molecular weight is 763 g/mol. The molecule has 4 aromatic carbocycles. The summed E-state index contributed by atoms with van der Waals surface area (Å²) in [4.78, 5) is 40.3. The number of hydrogen-bond donors (Lipinski definition) is 5. The van der Waals surface area contributed by atoms with Gasteiger partial charge in [0.15, 0.2) is 17.7 Å². The van der Waals surface area contributed by atoms with Gasteiger partial charge in [0.2, 0.25) is 17.7 Å². The molecule has 5 N–H and O–H groups in total. The Hall–Kier alpha value is -7.02. The topological polar surface area (TPSA) is 177 Å². The van der Waals surface area contributed by atoms with Crippen molar-refractivity contribution in [3.8, 4) is 45.5 Å². The largest absolute Gasteiger partial charge is 0.506 e. The van der Waals surface area contributed by atoms with Gasteiger partial charge < -0.3 is 44.3 Å². The number of para-hydroxylation sites is 1. The fourth-order valence-corrected chi connectivity index (χ4v) is 8.27. The van der Waals surface area contributed by atoms with Crippen LogP contribution in [-0.4, -0.2) is 44.3 Å². The zero-order chi connectivity index (χ0) is 38.9. The number of aromatic hydroxyl groups is 1. The normalized spacial score (nSPS) is 19.2. The number of phenols is 1. The zero-order valence-corrected chi connectivity index (χ0v) is 31.3. The standard InChI is InChI=1S/C44H38N6O7/c1-21(2)36-43-49-37(22(3)55-43)42-46-19-33(57-42)29-18-45-39-31(51)14-13-25(34(29)39)26-10-7-11-27-35-28-16-24(12-15-32(28)56-41(35)50-38(26)27)17-30(40(52)48-36)47-44(53)54-20-23-8-5-4-6-9-23/h4-16,18-19,21,30,35-36,41,45,50-51H,17,20H2,1-3H3,(H,47,53)(H,48,52)/t30-,35?,36-,41?/m0/s1. The number of carbonyl (C=O) groups is 2. The van der Waals surface area contributed by atoms with Crippen LogP contribution in [-0.2, 0) is 22.6 Å². The number of phenolic OH excluding ortho intramolecular Hbond substituents is 1. The highest BCUT2D eigenvalue weighted by molar-refractivity contribution is 6.09. The number of ether oxygens (including phenoxy) is 2. The van der Waals surface area contributed by atoms with Crippen molar-refractivity contribution < 1.29 is 33.0 Å². The number of anilines is 1. The Kier molecular flexibility index (Phi) is 8.06. The molecule has 10 bridgehead atoms. The first-order valence-corrected chi connectivity index (χ1v) is 18.9. The summed E-state index contributed by atoms with van der Waals surface area (Å²) in [6.45, 7) is 5.71. The molecule has 3 aromatic heterocycles. The quantitative estimate of drug-likeness (QED) is 0.118. The van der Waals surface area contributed by atoms with Gasteiger partial charge in [-0.1, -0.05) is 74.5 Å². The molecule has 0 saturated heterocycles. The monoisotopic (exact) mass is 762 g/mol. The minimum atomic E-state index is -1.02. The summed E-state index contributed by atoms with van der Waals surface area (Å²) in [6.07, 6.45) is 2.50. The molecule has 13 nitrogen and oxygen atoms in total. The molecule has 0 radical (unpaired) electrons. The third-order valence-corrected chi connectivity index (χ3v) is 11.1. The first-order valence-electron chi connectivity index (χ1n) is 18.9. The van der Waals surface area contributed by atoms with Crippen molar-refractivity contribution in [1.29, 1.82) is 0 Å². The molecule has 0 aliphatic carbocycles. The van der Waals surface area contributed by atoms with Gasteiger partial charge in [0.05, 0.1) is 17.6 Å². The molecule has 13 heteroatoms. The first kappa shape index (κ1) is 34.5. The molecule has 7 aromatic rings. The highest BCUT2D eigenvalue weighted by atomic mass is 16.5. The van der Waals surface area contributed by atoms with Crippen molar-refractivity contribution in [2.45, 2.75) is 58.0 Å². The van der Waals surface area contributed by atoms with E-state index in [1.54, 1.807) is 25.4 Å². The minimum Gasteiger partial charge on any atom is -0.506 e. The van der Waals surface area contributed by atoms with Crippen LogP contribution in [0.3, 0.4) is 0 Å². The Morgan fingerprint density at radius 1 is 0.982 bits per heavy atom. The predicted octanol–water partition coefficient (Wildman–Crippen LogP) is 8.10. The number of alkyl carbamates (subject to hydrolysis) is 1. The van der Waals surface area contributed by atoms with Gasteiger partial charge in [-0.3, -0.25) is 4.79 Å². The van der Waals surface area contributed by atoms with E-state index in [0.29, 0.717) is 28.3 Å². The number of benzene rings is 4. The Morgan fingerprint density at radius 3 is 2.68 bits per heavy atom. The molecule has 57 heavy (non-hydrogen) atoms. The smallest absolute Gasteiger partial charge is 0.408 e. The molecule has 0 saturated carbocycles. The molecule has 10 rings (SSSR count). The number of aromatic nitrogens is 3. The first-order chi connectivity index (χ1) is 27.7. The molecule has 2 unspecified atom stereocenters. The van der Waals surface area contributed by atoms with Crippen LogP contribution in [0.2, 0.25) is 0 Å². The van der Waals surface area contributed by atoms with Crippen molar-refractivity contribution in [3.63, 3.8) is 0 Å². The van der Waals surface area contributed by atoms with E-state index in [2.05, 4.69) is 38.1 Å². The van der Waals surface area contributed by atoms with Crippen molar-refractivity contribution in [1.82, 2.24) is 25.6 Å². The Bertz CT molecular complexity index is 2710. The lowest BCUT2D eigenvalue weighted by Crippen LogP contribution is -2.49. The van der Waals surface area contributed by atoms with Crippen LogP contribution in [0.1, 0.15) is 59.7 Å². The number of nitrogens with zero attached hydrogens (tertiary/aromatic N) is 2. The SMILES string of the molecule is Cc1oc2nc1-c1ncc(o1)-c1c[nH]c3c(O)ccc(c13)-c1cccc3c1NC1Oc4ccc(cc4C31)C[C@H](NC(=O)OCc1ccccc1)C(=O)N[C@H]2C(C)C. The molecular weight excluding hydrogens is 725 g/mol. The Balaban J connectivity index is 1.10. The van der Waals surface area contributed by atoms with Gasteiger partial charge in [-0.25, -0.2) is 14.8 Å². The number of amides is 2. The van der Waals surface area contributed by atoms with Crippen LogP contribution in [0, 0.1) is 12.8 Å². The lowest BCUT2D eigenvalue weighted by atomic mass is 9.88. The van der Waals surface area contributed by atoms with E-state index in [9.17, 15) is 14.7 Å². The second-order valence-corrected chi connectivity index (χ2v) is 15.1. The molecule has 2 amide bonds. The highest BCUT2D eigenvalue weighted by Gasteiger charge is 2.43. The van der Waals surface area contributed by atoms with Gasteiger partial charge in [-0.05, 0) is 53.3 Å². The molecule has 3 aliphatic heterocycles. The third-order valence-electron chi connectivity index (χ3n) is 11.1. The van der Waals surface area contributed by atoms with Crippen LogP contribution in [0.4, 0.5) is 10.5 Å². The maximum atomic E-state index is 14.3. The summed E-state index contributed by atoms with van der Waals surface area (Å²) in [7, 11) is 0. The lowest BCUT2D eigenvalue weighted by Gasteiger charge is -2.24. The van der Waals surface area contributed by atoms with Crippen molar-refractivity contribution in [2.75, 3.05) is 5.32 Å². The second kappa shape index (κ2) is 13.3. The number of carbonyl (C=O) groups excluding carboxylic acids is 2. The molecule has 4 atom stereocenters. The Labute approximate surface area is 326 Å². The van der Waals surface area contributed by atoms with Gasteiger partial charge in [-0.15, -0.1) is 0 Å². The molecule has 286 valence electrons. The number of aromatic amines is 1. The second-order valence-electron chi connectivity index (χ2n) is 15.1. The molecule has 0 fully saturated rings. The van der Waals surface area contributed by atoms with E-state index in [1.807, 2.05) is 74.5 Å². The number of rotatable bonds is 4. The van der Waals surface area contributed by atoms with Crippen LogP contribution in [0.15, 0.2) is 100 Å². The third kappa shape index (κ3) is 5.85. The van der Waals surface area contributed by atoms with E-state index < -0.39 is 24.1 Å². The van der Waals surface area contributed by atoms with Crippen molar-refractivity contribution >= 4 is 28.6 Å². The lowest BCUT2D eigenvalue weighted by molar-refractivity contribution is -0.124. The highest BCUT2D eigenvalue weighted by Crippen LogP contribution is 2.53. The number of nitrogens with one attached hydrogen (secondary N) is 4. The van der Waals surface area contributed by atoms with Gasteiger partial charge in [0.1, 0.15) is 35.9 Å². The number of hydrogen-bond acceptors (Lipinski definition) is 10. The van der Waals surface area contributed by atoms with Crippen LogP contribution in [0.5, 0.6) is 11.5 Å². The van der Waals surface area contributed by atoms with Gasteiger partial charge >= 0.3 is 6.09 Å². The van der Waals surface area contributed by atoms with Crippen molar-refractivity contribution in [2.24, 2.45) is 5.92 Å². The maximum Gasteiger partial charge on any atom is 0.408 e. The van der Waals surface area contributed by atoms with Gasteiger partial charge in [-0.2, -0.15) is 0 Å². The summed E-state index contributed by atoms with van der Waals surface area (Å²) in [5, 5.41) is 21.3. The van der Waals surface area contributed by atoms with E-state index in [4.69, 9.17) is 23.3 Å². The summed E-state index contributed by atoms with van der Waals surface area (Å²) >= 11 is 0. The molecule has 3 aliphatic rings. The maximum absolute atomic E-state index is 14.3. The van der Waals surface area contributed by atoms with Crippen molar-refractivity contribution in [3.05, 3.63) is 125 Å². The number of fused-ring (bicyclic) bond motifs is 8. The molecule has 6 heterocycles.